The van der Waals surface area contributed by atoms with E-state index in [4.69, 9.17) is 0 Å². The van der Waals surface area contributed by atoms with Gasteiger partial charge < -0.3 is 10.0 Å². The fraction of sp³-hybridized carbons (Fsp3) is 0.550. The van der Waals surface area contributed by atoms with Gasteiger partial charge in [-0.2, -0.15) is 0 Å². The van der Waals surface area contributed by atoms with E-state index in [9.17, 15) is 9.90 Å². The molecule has 1 atom stereocenters. The summed E-state index contributed by atoms with van der Waals surface area (Å²) in [7, 11) is 1.85. The molecule has 0 saturated carbocycles. The molecule has 24 heavy (non-hydrogen) atoms. The Morgan fingerprint density at radius 3 is 2.33 bits per heavy atom. The highest BCUT2D eigenvalue weighted by Crippen LogP contribution is 2.33. The van der Waals surface area contributed by atoms with Crippen molar-refractivity contribution in [3.63, 3.8) is 0 Å². The van der Waals surface area contributed by atoms with Crippen molar-refractivity contribution >= 4 is 16.6 Å². The van der Waals surface area contributed by atoms with E-state index in [1.807, 2.05) is 26.1 Å². The maximum Gasteiger partial charge on any atom is 0.259 e. The van der Waals surface area contributed by atoms with Gasteiger partial charge in [-0.05, 0) is 60.7 Å². The van der Waals surface area contributed by atoms with Crippen molar-refractivity contribution in [2.75, 3.05) is 18.0 Å². The van der Waals surface area contributed by atoms with Gasteiger partial charge in [-0.1, -0.05) is 19.9 Å². The molecule has 1 aliphatic heterocycles. The number of rotatable bonds is 2. The fourth-order valence-electron chi connectivity index (χ4n) is 3.66. The van der Waals surface area contributed by atoms with Gasteiger partial charge in [0.2, 0.25) is 0 Å². The highest BCUT2D eigenvalue weighted by molar-refractivity contribution is 5.88. The number of fused-ring (bicyclic) bond motifs is 1. The van der Waals surface area contributed by atoms with Crippen LogP contribution < -0.4 is 10.5 Å². The normalized spacial score (nSPS) is 18.8. The van der Waals surface area contributed by atoms with Crippen LogP contribution >= 0.6 is 0 Å². The summed E-state index contributed by atoms with van der Waals surface area (Å²) in [6, 6.07) is 5.98. The molecule has 1 unspecified atom stereocenters. The zero-order chi connectivity index (χ0) is 17.6. The van der Waals surface area contributed by atoms with Crippen LogP contribution in [0.15, 0.2) is 23.0 Å². The third-order valence-electron chi connectivity index (χ3n) is 5.40. The van der Waals surface area contributed by atoms with Gasteiger partial charge in [-0.15, -0.1) is 0 Å². The van der Waals surface area contributed by atoms with Gasteiger partial charge in [0.15, 0.2) is 0 Å². The van der Waals surface area contributed by atoms with Gasteiger partial charge in [-0.3, -0.25) is 9.36 Å². The number of anilines is 1. The molecule has 1 aromatic carbocycles. The predicted molar refractivity (Wildman–Crippen MR) is 99.8 cm³/mol. The lowest BCUT2D eigenvalue weighted by Gasteiger charge is -2.38. The molecule has 0 radical (unpaired) electrons. The van der Waals surface area contributed by atoms with Crippen LogP contribution in [0.2, 0.25) is 0 Å². The molecule has 1 saturated heterocycles. The molecule has 1 aromatic heterocycles. The highest BCUT2D eigenvalue weighted by Gasteiger charge is 2.27. The lowest BCUT2D eigenvalue weighted by Crippen LogP contribution is -2.40. The molecule has 0 spiro atoms. The average Bonchev–Trinajstić information content (AvgIpc) is 2.51. The van der Waals surface area contributed by atoms with Crippen LogP contribution in [0, 0.1) is 12.3 Å². The second-order valence-corrected chi connectivity index (χ2v) is 8.01. The molecule has 2 heterocycles. The number of piperidine rings is 1. The van der Waals surface area contributed by atoms with Crippen molar-refractivity contribution in [3.8, 4) is 0 Å². The first-order valence-corrected chi connectivity index (χ1v) is 8.77. The van der Waals surface area contributed by atoms with Crippen LogP contribution in [0.3, 0.4) is 0 Å². The molecule has 3 rings (SSSR count). The van der Waals surface area contributed by atoms with E-state index >= 15 is 0 Å². The van der Waals surface area contributed by atoms with Crippen LogP contribution in [0.4, 0.5) is 5.82 Å². The Morgan fingerprint density at radius 2 is 1.75 bits per heavy atom. The third kappa shape index (κ3) is 2.95. The van der Waals surface area contributed by atoms with Gasteiger partial charge >= 0.3 is 0 Å². The van der Waals surface area contributed by atoms with E-state index in [1.165, 1.54) is 0 Å². The minimum atomic E-state index is -0.590. The molecule has 4 nitrogen and oxygen atoms in total. The lowest BCUT2D eigenvalue weighted by atomic mass is 9.82. The Labute approximate surface area is 143 Å². The Hall–Kier alpha value is -1.81. The van der Waals surface area contributed by atoms with Crippen molar-refractivity contribution in [1.82, 2.24) is 4.57 Å². The van der Waals surface area contributed by atoms with E-state index < -0.39 is 6.10 Å². The first-order chi connectivity index (χ1) is 11.2. The van der Waals surface area contributed by atoms with Crippen molar-refractivity contribution in [2.45, 2.75) is 46.6 Å². The largest absolute Gasteiger partial charge is 0.389 e. The summed E-state index contributed by atoms with van der Waals surface area (Å²) in [6.07, 6.45) is 1.65. The van der Waals surface area contributed by atoms with Crippen LogP contribution in [0.25, 0.3) is 10.8 Å². The van der Waals surface area contributed by atoms with Crippen LogP contribution in [0.5, 0.6) is 0 Å². The van der Waals surface area contributed by atoms with Gasteiger partial charge in [-0.25, -0.2) is 0 Å². The number of aryl methyl sites for hydroxylation is 1. The molecule has 130 valence electrons. The molecule has 0 bridgehead atoms. The Bertz CT molecular complexity index is 824. The van der Waals surface area contributed by atoms with E-state index in [1.54, 1.807) is 11.5 Å². The van der Waals surface area contributed by atoms with E-state index in [0.717, 1.165) is 48.3 Å². The highest BCUT2D eigenvalue weighted by atomic mass is 16.3. The van der Waals surface area contributed by atoms with Gasteiger partial charge in [0.1, 0.15) is 5.82 Å². The Balaban J connectivity index is 2.17. The molecule has 0 amide bonds. The summed E-state index contributed by atoms with van der Waals surface area (Å²) in [4.78, 5) is 15.2. The number of pyridine rings is 1. The van der Waals surface area contributed by atoms with Gasteiger partial charge in [0.05, 0.1) is 6.10 Å². The molecule has 1 fully saturated rings. The van der Waals surface area contributed by atoms with E-state index in [0.29, 0.717) is 10.8 Å². The second kappa shape index (κ2) is 5.92. The van der Waals surface area contributed by atoms with E-state index in [2.05, 4.69) is 24.8 Å². The zero-order valence-corrected chi connectivity index (χ0v) is 15.4. The number of nitrogens with zero attached hydrogens (tertiary/aromatic N) is 2. The first-order valence-electron chi connectivity index (χ1n) is 8.77. The number of hydrogen-bond donors (Lipinski definition) is 1. The number of aliphatic hydroxyl groups is 1. The third-order valence-corrected chi connectivity index (χ3v) is 5.40. The summed E-state index contributed by atoms with van der Waals surface area (Å²) < 4.78 is 1.76. The average molecular weight is 328 g/mol. The number of benzene rings is 1. The molecular formula is C20H28N2O2. The second-order valence-electron chi connectivity index (χ2n) is 8.01. The summed E-state index contributed by atoms with van der Waals surface area (Å²) >= 11 is 0. The Morgan fingerprint density at radius 1 is 1.12 bits per heavy atom. The molecule has 2 aromatic rings. The monoisotopic (exact) mass is 328 g/mol. The number of aliphatic hydroxyl groups excluding tert-OH is 1. The van der Waals surface area contributed by atoms with Crippen molar-refractivity contribution in [3.05, 3.63) is 39.7 Å². The minimum absolute atomic E-state index is 0.0120. The summed E-state index contributed by atoms with van der Waals surface area (Å²) in [5, 5.41) is 11.7. The van der Waals surface area contributed by atoms with Crippen LogP contribution in [0.1, 0.15) is 50.8 Å². The van der Waals surface area contributed by atoms with Crippen LogP contribution in [-0.4, -0.2) is 22.8 Å². The summed E-state index contributed by atoms with van der Waals surface area (Å²) in [5.41, 5.74) is 2.22. The quantitative estimate of drug-likeness (QED) is 0.917. The molecular weight excluding hydrogens is 300 g/mol. The van der Waals surface area contributed by atoms with Crippen LogP contribution in [-0.2, 0) is 7.05 Å². The molecule has 4 heteroatoms. The lowest BCUT2D eigenvalue weighted by molar-refractivity contribution is 0.201. The minimum Gasteiger partial charge on any atom is -0.389 e. The van der Waals surface area contributed by atoms with Crippen molar-refractivity contribution in [1.29, 1.82) is 0 Å². The van der Waals surface area contributed by atoms with Gasteiger partial charge in [0.25, 0.3) is 5.56 Å². The fourth-order valence-corrected chi connectivity index (χ4v) is 3.66. The number of hydrogen-bond acceptors (Lipinski definition) is 3. The van der Waals surface area contributed by atoms with Crippen molar-refractivity contribution < 1.29 is 5.11 Å². The number of aromatic nitrogens is 1. The standard InChI is InChI=1S/C20H28N2O2/c1-13-10-15(14(2)23)16-12-18(21(5)19(24)17(16)11-13)22-8-6-20(3,4)7-9-22/h10-12,14,23H,6-9H2,1-5H3. The van der Waals surface area contributed by atoms with E-state index in [-0.39, 0.29) is 5.56 Å². The zero-order valence-electron chi connectivity index (χ0n) is 15.4. The molecule has 1 aliphatic rings. The van der Waals surface area contributed by atoms with Crippen molar-refractivity contribution in [2.24, 2.45) is 12.5 Å². The SMILES string of the molecule is Cc1cc(C(C)O)c2cc(N3CCC(C)(C)CC3)n(C)c(=O)c2c1. The van der Waals surface area contributed by atoms with Gasteiger partial charge in [0, 0.05) is 25.5 Å². The summed E-state index contributed by atoms with van der Waals surface area (Å²) in [5.74, 6) is 0.953. The predicted octanol–water partition coefficient (Wildman–Crippen LogP) is 3.53. The molecule has 1 N–H and O–H groups in total. The first kappa shape index (κ1) is 17.0. The maximum atomic E-state index is 12.9. The topological polar surface area (TPSA) is 45.5 Å². The summed E-state index contributed by atoms with van der Waals surface area (Å²) in [6.45, 7) is 10.2. The Kier molecular flexibility index (Phi) is 4.20. The maximum absolute atomic E-state index is 12.9. The molecule has 0 aliphatic carbocycles. The smallest absolute Gasteiger partial charge is 0.259 e.